The number of carbonyl (C=O) groups is 2. The topological polar surface area (TPSA) is 160 Å². The summed E-state index contributed by atoms with van der Waals surface area (Å²) >= 11 is 0. The van der Waals surface area contributed by atoms with Gasteiger partial charge in [-0.2, -0.15) is 10.5 Å². The number of hydrogen-bond donors (Lipinski definition) is 2. The van der Waals surface area contributed by atoms with Crippen molar-refractivity contribution in [3.63, 3.8) is 0 Å². The number of hydrogen-bond acceptors (Lipinski definition) is 7. The van der Waals surface area contributed by atoms with Crippen LogP contribution < -0.4 is 15.7 Å². The van der Waals surface area contributed by atoms with Crippen LogP contribution >= 0.6 is 0 Å². The Balaban J connectivity index is 1.69. The maximum absolute atomic E-state index is 14.1. The van der Waals surface area contributed by atoms with Crippen LogP contribution in [0.15, 0.2) is 59.4 Å². The zero-order valence-electron chi connectivity index (χ0n) is 21.6. The van der Waals surface area contributed by atoms with Crippen LogP contribution in [0.5, 0.6) is 0 Å². The van der Waals surface area contributed by atoms with Crippen LogP contribution in [-0.4, -0.2) is 44.6 Å². The molecule has 41 heavy (non-hydrogen) atoms. The number of piperidine rings is 1. The Hall–Kier alpha value is -5.74. The van der Waals surface area contributed by atoms with E-state index in [1.807, 2.05) is 24.3 Å². The Morgan fingerprint density at radius 3 is 2.12 bits per heavy atom. The van der Waals surface area contributed by atoms with Gasteiger partial charge in [0.2, 0.25) is 0 Å². The largest absolute Gasteiger partial charge is 0.478 e. The Labute approximate surface area is 232 Å². The molecule has 1 fully saturated rings. The van der Waals surface area contributed by atoms with E-state index in [-0.39, 0.29) is 33.1 Å². The number of rotatable bonds is 4. The number of aromatic nitrogens is 2. The van der Waals surface area contributed by atoms with Crippen molar-refractivity contribution in [1.29, 1.82) is 10.5 Å². The highest BCUT2D eigenvalue weighted by atomic mass is 16.4. The van der Waals surface area contributed by atoms with Gasteiger partial charge in [0.15, 0.2) is 5.65 Å². The second-order valence-electron chi connectivity index (χ2n) is 9.94. The van der Waals surface area contributed by atoms with Crippen molar-refractivity contribution in [2.75, 3.05) is 18.0 Å². The third kappa shape index (κ3) is 4.19. The Morgan fingerprint density at radius 1 is 0.805 bits per heavy atom. The fourth-order valence-corrected chi connectivity index (χ4v) is 5.57. The predicted molar refractivity (Wildman–Crippen MR) is 152 cm³/mol. The molecule has 200 valence electrons. The summed E-state index contributed by atoms with van der Waals surface area (Å²) in [6.07, 6.45) is 3.31. The summed E-state index contributed by atoms with van der Waals surface area (Å²) in [6, 6.07) is 18.0. The lowest BCUT2D eigenvalue weighted by atomic mass is 9.98. The standard InChI is InChI=1S/C31H21N5O5/c32-15-21(16-33)27-23-6-4-17(18-10-19(30(38)39)12-20(11-18)31(40)41)13-26(23)36-28(27)34-25-7-5-22(14-24(25)29(36)37)35-8-2-1-3-9-35/h4-7,10-14H,1-3,8-9H2,(H,38,39)(H,40,41). The van der Waals surface area contributed by atoms with Crippen LogP contribution in [0.3, 0.4) is 0 Å². The minimum atomic E-state index is -1.28. The number of aromatic carboxylic acids is 2. The van der Waals surface area contributed by atoms with Crippen LogP contribution in [0.2, 0.25) is 0 Å². The second kappa shape index (κ2) is 9.78. The van der Waals surface area contributed by atoms with Crippen molar-refractivity contribution in [1.82, 2.24) is 9.38 Å². The molecule has 3 heterocycles. The lowest BCUT2D eigenvalue weighted by molar-refractivity contribution is 0.0696. The van der Waals surface area contributed by atoms with Gasteiger partial charge in [-0.1, -0.05) is 12.1 Å². The van der Waals surface area contributed by atoms with Crippen LogP contribution in [0.25, 0.3) is 44.2 Å². The predicted octanol–water partition coefficient (Wildman–Crippen LogP) is 3.97. The molecule has 0 aliphatic carbocycles. The first kappa shape index (κ1) is 25.5. The van der Waals surface area contributed by atoms with E-state index in [4.69, 9.17) is 4.98 Å². The van der Waals surface area contributed by atoms with Gasteiger partial charge in [0, 0.05) is 24.2 Å². The van der Waals surface area contributed by atoms with Gasteiger partial charge in [-0.25, -0.2) is 14.6 Å². The van der Waals surface area contributed by atoms with Gasteiger partial charge in [-0.05, 0) is 72.9 Å². The average Bonchev–Trinajstić information content (AvgIpc) is 3.31. The number of benzene rings is 3. The maximum Gasteiger partial charge on any atom is 0.335 e. The molecule has 0 radical (unpaired) electrons. The monoisotopic (exact) mass is 543 g/mol. The third-order valence-electron chi connectivity index (χ3n) is 7.54. The summed E-state index contributed by atoms with van der Waals surface area (Å²) in [5.41, 5.74) is 1.65. The SMILES string of the molecule is N#CC(C#N)=c1c2ccc(-c3cc(C(=O)O)cc(C(=O)O)c3)cc2n2c(=O)c3cc(N4CCCCC4)ccc3nc12. The normalized spacial score (nSPS) is 13.3. The molecular formula is C31H21N5O5. The number of anilines is 1. The van der Waals surface area contributed by atoms with Crippen molar-refractivity contribution in [3.8, 4) is 23.3 Å². The van der Waals surface area contributed by atoms with Crippen LogP contribution in [0.1, 0.15) is 40.0 Å². The third-order valence-corrected chi connectivity index (χ3v) is 7.54. The molecule has 10 heteroatoms. The summed E-state index contributed by atoms with van der Waals surface area (Å²) in [4.78, 5) is 44.4. The molecule has 1 aliphatic rings. The van der Waals surface area contributed by atoms with Crippen molar-refractivity contribution in [2.24, 2.45) is 0 Å². The van der Waals surface area contributed by atoms with Crippen LogP contribution in [-0.2, 0) is 0 Å². The summed E-state index contributed by atoms with van der Waals surface area (Å²) in [5, 5.41) is 39.6. The van der Waals surface area contributed by atoms with E-state index in [1.165, 1.54) is 23.0 Å². The van der Waals surface area contributed by atoms with E-state index in [1.54, 1.807) is 24.3 Å². The number of nitriles is 2. The van der Waals surface area contributed by atoms with E-state index in [2.05, 4.69) is 4.90 Å². The molecule has 1 aliphatic heterocycles. The van der Waals surface area contributed by atoms with Gasteiger partial charge in [0.05, 0.1) is 32.8 Å². The van der Waals surface area contributed by atoms with Gasteiger partial charge in [0.1, 0.15) is 17.7 Å². The quantitative estimate of drug-likeness (QED) is 0.342. The van der Waals surface area contributed by atoms with Gasteiger partial charge >= 0.3 is 11.9 Å². The fraction of sp³-hybridized carbons (Fsp3) is 0.161. The van der Waals surface area contributed by atoms with Crippen LogP contribution in [0, 0.1) is 22.7 Å². The minimum absolute atomic E-state index is 0.156. The number of carboxylic acids is 2. The van der Waals surface area contributed by atoms with Gasteiger partial charge in [-0.15, -0.1) is 0 Å². The summed E-state index contributed by atoms with van der Waals surface area (Å²) < 4.78 is 1.37. The molecule has 3 aromatic carbocycles. The molecule has 0 spiro atoms. The molecule has 0 bridgehead atoms. The molecule has 1 saturated heterocycles. The zero-order chi connectivity index (χ0) is 28.8. The van der Waals surface area contributed by atoms with Gasteiger partial charge in [0.25, 0.3) is 5.56 Å². The highest BCUT2D eigenvalue weighted by molar-refractivity contribution is 5.99. The first-order valence-electron chi connectivity index (χ1n) is 12.9. The molecule has 2 aromatic heterocycles. The average molecular weight is 544 g/mol. The van der Waals surface area contributed by atoms with E-state index in [9.17, 15) is 35.1 Å². The van der Waals surface area contributed by atoms with Crippen molar-refractivity contribution >= 4 is 50.7 Å². The summed E-state index contributed by atoms with van der Waals surface area (Å²) in [5.74, 6) is -2.56. The molecule has 5 aromatic rings. The Morgan fingerprint density at radius 2 is 1.49 bits per heavy atom. The van der Waals surface area contributed by atoms with Crippen molar-refractivity contribution in [3.05, 3.63) is 81.3 Å². The van der Waals surface area contributed by atoms with E-state index >= 15 is 0 Å². The highest BCUT2D eigenvalue weighted by Crippen LogP contribution is 2.28. The molecule has 2 N–H and O–H groups in total. The summed E-state index contributed by atoms with van der Waals surface area (Å²) in [7, 11) is 0. The minimum Gasteiger partial charge on any atom is -0.478 e. The van der Waals surface area contributed by atoms with Crippen molar-refractivity contribution < 1.29 is 19.8 Å². The van der Waals surface area contributed by atoms with Crippen molar-refractivity contribution in [2.45, 2.75) is 19.3 Å². The molecule has 10 nitrogen and oxygen atoms in total. The number of fused-ring (bicyclic) bond motifs is 4. The molecule has 0 atom stereocenters. The van der Waals surface area contributed by atoms with Gasteiger partial charge < -0.3 is 15.1 Å². The maximum atomic E-state index is 14.1. The smallest absolute Gasteiger partial charge is 0.335 e. The van der Waals surface area contributed by atoms with E-state index in [0.29, 0.717) is 32.9 Å². The van der Waals surface area contributed by atoms with E-state index in [0.717, 1.165) is 37.7 Å². The number of nitrogens with zero attached hydrogens (tertiary/aromatic N) is 5. The first-order valence-corrected chi connectivity index (χ1v) is 12.9. The van der Waals surface area contributed by atoms with Crippen LogP contribution in [0.4, 0.5) is 5.69 Å². The zero-order valence-corrected chi connectivity index (χ0v) is 21.6. The lowest BCUT2D eigenvalue weighted by Gasteiger charge is -2.28. The van der Waals surface area contributed by atoms with E-state index < -0.39 is 11.9 Å². The van der Waals surface area contributed by atoms with Gasteiger partial charge in [-0.3, -0.25) is 9.20 Å². The molecule has 0 amide bonds. The molecular weight excluding hydrogens is 522 g/mol. The Bertz CT molecular complexity index is 2100. The Kier molecular flexibility index (Phi) is 6.09. The summed E-state index contributed by atoms with van der Waals surface area (Å²) in [6.45, 7) is 1.79. The fourth-order valence-electron chi connectivity index (χ4n) is 5.57. The lowest BCUT2D eigenvalue weighted by Crippen LogP contribution is -2.29. The molecule has 0 saturated carbocycles. The second-order valence-corrected chi connectivity index (χ2v) is 9.94. The number of carboxylic acid groups (broad SMARTS) is 2. The molecule has 0 unspecified atom stereocenters. The molecule has 6 rings (SSSR count). The highest BCUT2D eigenvalue weighted by Gasteiger charge is 2.20. The first-order chi connectivity index (χ1) is 19.8.